The van der Waals surface area contributed by atoms with E-state index in [0.717, 1.165) is 4.88 Å². The van der Waals surface area contributed by atoms with Crippen LogP contribution in [0.4, 0.5) is 0 Å². The molecular formula is C19H22N2O4S2. The van der Waals surface area contributed by atoms with Gasteiger partial charge in [0.2, 0.25) is 15.9 Å². The van der Waals surface area contributed by atoms with Crippen LogP contribution in [0.1, 0.15) is 30.2 Å². The highest BCUT2D eigenvalue weighted by Gasteiger charge is 2.50. The van der Waals surface area contributed by atoms with Crippen molar-refractivity contribution >= 4 is 33.2 Å². The van der Waals surface area contributed by atoms with Gasteiger partial charge >= 0.3 is 0 Å². The van der Waals surface area contributed by atoms with Crippen LogP contribution in [-0.4, -0.2) is 37.2 Å². The number of carbonyl (C=O) groups excluding carboxylic acids is 2. The number of carbonyl (C=O) groups is 2. The zero-order valence-electron chi connectivity index (χ0n) is 15.1. The summed E-state index contributed by atoms with van der Waals surface area (Å²) in [7, 11) is -3.83. The molecule has 1 atom stereocenters. The van der Waals surface area contributed by atoms with Crippen molar-refractivity contribution < 1.29 is 18.0 Å². The third-order valence-electron chi connectivity index (χ3n) is 4.82. The second kappa shape index (κ2) is 7.82. The molecule has 2 heterocycles. The maximum Gasteiger partial charge on any atom is 0.259 e. The summed E-state index contributed by atoms with van der Waals surface area (Å²) in [6, 6.07) is 12.6. The zero-order chi connectivity index (χ0) is 19.5. The first-order valence-electron chi connectivity index (χ1n) is 8.72. The standard InChI is InChI=1S/C19H22N2O4S2/c1-19(11-12-21(19)17(22)10-9-16-8-5-13-26-16)18(23)20-27(24,25)14-15-6-3-2-4-7-15/h2-8,13H,9-12,14H2,1H3,(H,20,23). The van der Waals surface area contributed by atoms with E-state index in [1.807, 2.05) is 17.5 Å². The number of thiophene rings is 1. The number of nitrogens with zero attached hydrogens (tertiary/aromatic N) is 1. The molecule has 2 aromatic rings. The summed E-state index contributed by atoms with van der Waals surface area (Å²) in [4.78, 5) is 27.7. The quantitative estimate of drug-likeness (QED) is 0.765. The molecule has 2 amide bonds. The van der Waals surface area contributed by atoms with Crippen molar-refractivity contribution in [3.05, 3.63) is 58.3 Å². The normalized spacial score (nSPS) is 19.4. The SMILES string of the molecule is CC1(C(=O)NS(=O)(=O)Cc2ccccc2)CCN1C(=O)CCc1cccs1. The summed E-state index contributed by atoms with van der Waals surface area (Å²) in [6.45, 7) is 2.08. The Labute approximate surface area is 163 Å². The summed E-state index contributed by atoms with van der Waals surface area (Å²) in [5.41, 5.74) is -0.517. The van der Waals surface area contributed by atoms with Crippen LogP contribution >= 0.6 is 11.3 Å². The first kappa shape index (κ1) is 19.6. The van der Waals surface area contributed by atoms with Gasteiger partial charge in [0.15, 0.2) is 0 Å². The van der Waals surface area contributed by atoms with E-state index in [1.165, 1.54) is 4.90 Å². The number of hydrogen-bond donors (Lipinski definition) is 1. The first-order chi connectivity index (χ1) is 12.8. The van der Waals surface area contributed by atoms with Crippen LogP contribution in [0.15, 0.2) is 47.8 Å². The smallest absolute Gasteiger partial charge is 0.259 e. The molecule has 1 saturated heterocycles. The Kier molecular flexibility index (Phi) is 5.67. The average Bonchev–Trinajstić information content (AvgIpc) is 3.11. The maximum absolute atomic E-state index is 12.6. The molecule has 1 aliphatic heterocycles. The summed E-state index contributed by atoms with van der Waals surface area (Å²) < 4.78 is 26.8. The van der Waals surface area contributed by atoms with Crippen LogP contribution in [0.3, 0.4) is 0 Å². The summed E-state index contributed by atoms with van der Waals surface area (Å²) in [6.07, 6.45) is 1.38. The number of likely N-dealkylation sites (tertiary alicyclic amines) is 1. The van der Waals surface area contributed by atoms with Crippen LogP contribution in [0.2, 0.25) is 0 Å². The van der Waals surface area contributed by atoms with Crippen LogP contribution in [0.25, 0.3) is 0 Å². The molecule has 0 aliphatic carbocycles. The second-order valence-corrected chi connectivity index (χ2v) is 9.58. The van der Waals surface area contributed by atoms with E-state index in [2.05, 4.69) is 4.72 Å². The van der Waals surface area contributed by atoms with Crippen LogP contribution < -0.4 is 4.72 Å². The van der Waals surface area contributed by atoms with Crippen molar-refractivity contribution in [2.24, 2.45) is 0 Å². The fourth-order valence-electron chi connectivity index (χ4n) is 3.10. The molecule has 144 valence electrons. The third kappa shape index (κ3) is 4.56. The molecule has 8 heteroatoms. The van der Waals surface area contributed by atoms with Crippen LogP contribution in [0.5, 0.6) is 0 Å². The van der Waals surface area contributed by atoms with E-state index in [9.17, 15) is 18.0 Å². The predicted molar refractivity (Wildman–Crippen MR) is 105 cm³/mol. The van der Waals surface area contributed by atoms with E-state index in [4.69, 9.17) is 0 Å². The minimum Gasteiger partial charge on any atom is -0.328 e. The van der Waals surface area contributed by atoms with E-state index in [1.54, 1.807) is 48.6 Å². The predicted octanol–water partition coefficient (Wildman–Crippen LogP) is 2.32. The number of nitrogens with one attached hydrogen (secondary N) is 1. The van der Waals surface area contributed by atoms with Gasteiger partial charge in [-0.2, -0.15) is 0 Å². The van der Waals surface area contributed by atoms with Crippen molar-refractivity contribution in [3.8, 4) is 0 Å². The van der Waals surface area contributed by atoms with E-state index in [0.29, 0.717) is 31.4 Å². The highest BCUT2D eigenvalue weighted by Crippen LogP contribution is 2.32. The molecule has 1 unspecified atom stereocenters. The minimum absolute atomic E-state index is 0.132. The molecule has 1 N–H and O–H groups in total. The van der Waals surface area contributed by atoms with Crippen molar-refractivity contribution in [2.45, 2.75) is 37.5 Å². The van der Waals surface area contributed by atoms with Crippen LogP contribution in [-0.2, 0) is 31.8 Å². The number of hydrogen-bond acceptors (Lipinski definition) is 5. The van der Waals surface area contributed by atoms with E-state index in [-0.39, 0.29) is 11.7 Å². The molecule has 27 heavy (non-hydrogen) atoms. The van der Waals surface area contributed by atoms with Gasteiger partial charge in [0.05, 0.1) is 5.75 Å². The van der Waals surface area contributed by atoms with E-state index < -0.39 is 21.5 Å². The lowest BCUT2D eigenvalue weighted by molar-refractivity contribution is -0.156. The molecule has 0 spiro atoms. The Morgan fingerprint density at radius 3 is 2.52 bits per heavy atom. The Balaban J connectivity index is 1.60. The number of benzene rings is 1. The second-order valence-electron chi connectivity index (χ2n) is 6.82. The van der Waals surface area contributed by atoms with Gasteiger partial charge in [-0.25, -0.2) is 8.42 Å². The lowest BCUT2D eigenvalue weighted by Gasteiger charge is -2.49. The topological polar surface area (TPSA) is 83.6 Å². The number of amides is 2. The molecule has 1 fully saturated rings. The highest BCUT2D eigenvalue weighted by atomic mass is 32.2. The molecule has 1 aromatic heterocycles. The zero-order valence-corrected chi connectivity index (χ0v) is 16.7. The van der Waals surface area contributed by atoms with Gasteiger partial charge in [0, 0.05) is 17.8 Å². The highest BCUT2D eigenvalue weighted by molar-refractivity contribution is 7.89. The average molecular weight is 407 g/mol. The van der Waals surface area contributed by atoms with Crippen molar-refractivity contribution in [2.75, 3.05) is 6.54 Å². The van der Waals surface area contributed by atoms with Crippen LogP contribution in [0, 0.1) is 0 Å². The summed E-state index contributed by atoms with van der Waals surface area (Å²) in [5, 5.41) is 1.96. The fraction of sp³-hybridized carbons (Fsp3) is 0.368. The summed E-state index contributed by atoms with van der Waals surface area (Å²) in [5.74, 6) is -1.05. The Morgan fingerprint density at radius 2 is 1.93 bits per heavy atom. The molecule has 3 rings (SSSR count). The number of aryl methyl sites for hydroxylation is 1. The largest absolute Gasteiger partial charge is 0.328 e. The number of rotatable bonds is 7. The molecule has 1 aliphatic rings. The van der Waals surface area contributed by atoms with Gasteiger partial charge in [-0.3, -0.25) is 14.3 Å². The molecular weight excluding hydrogens is 384 g/mol. The fourth-order valence-corrected chi connectivity index (χ4v) is 5.01. The minimum atomic E-state index is -3.83. The van der Waals surface area contributed by atoms with Gasteiger partial charge < -0.3 is 4.90 Å². The molecule has 0 bridgehead atoms. The first-order valence-corrected chi connectivity index (χ1v) is 11.2. The van der Waals surface area contributed by atoms with Crippen molar-refractivity contribution in [1.29, 1.82) is 0 Å². The van der Waals surface area contributed by atoms with Gasteiger partial charge in [-0.1, -0.05) is 36.4 Å². The Bertz CT molecular complexity index is 910. The molecule has 0 radical (unpaired) electrons. The van der Waals surface area contributed by atoms with Gasteiger partial charge in [-0.15, -0.1) is 11.3 Å². The van der Waals surface area contributed by atoms with Crippen molar-refractivity contribution in [3.63, 3.8) is 0 Å². The third-order valence-corrected chi connectivity index (χ3v) is 6.97. The summed E-state index contributed by atoms with van der Waals surface area (Å²) >= 11 is 1.59. The maximum atomic E-state index is 12.6. The lowest BCUT2D eigenvalue weighted by Crippen LogP contribution is -2.67. The lowest BCUT2D eigenvalue weighted by atomic mass is 9.85. The molecule has 6 nitrogen and oxygen atoms in total. The van der Waals surface area contributed by atoms with Gasteiger partial charge in [-0.05, 0) is 36.8 Å². The Morgan fingerprint density at radius 1 is 1.19 bits per heavy atom. The molecule has 0 saturated carbocycles. The Hall–Kier alpha value is -2.19. The van der Waals surface area contributed by atoms with Gasteiger partial charge in [0.1, 0.15) is 5.54 Å². The van der Waals surface area contributed by atoms with E-state index >= 15 is 0 Å². The van der Waals surface area contributed by atoms with Gasteiger partial charge in [0.25, 0.3) is 5.91 Å². The molecule has 1 aromatic carbocycles. The number of sulfonamides is 1. The monoisotopic (exact) mass is 406 g/mol. The van der Waals surface area contributed by atoms with Crippen molar-refractivity contribution in [1.82, 2.24) is 9.62 Å².